The average molecular weight is 335 g/mol. The average Bonchev–Trinajstić information content (AvgIpc) is 2.49. The third-order valence-electron chi connectivity index (χ3n) is 3.31. The second kappa shape index (κ2) is 6.29. The fourth-order valence-electron chi connectivity index (χ4n) is 2.19. The van der Waals surface area contributed by atoms with E-state index >= 15 is 0 Å². The maximum atomic E-state index is 12.5. The lowest BCUT2D eigenvalue weighted by atomic mass is 10.1. The number of aryl methyl sites for hydroxylation is 2. The molecule has 7 heteroatoms. The molecule has 0 bridgehead atoms. The summed E-state index contributed by atoms with van der Waals surface area (Å²) in [4.78, 5) is 10.8. The van der Waals surface area contributed by atoms with Gasteiger partial charge in [-0.3, -0.25) is 4.72 Å². The van der Waals surface area contributed by atoms with E-state index in [0.717, 1.165) is 11.1 Å². The SMILES string of the molecule is COc1cc(C)cc(C)c1NS(=O)(=O)c1ccc(C(=O)O)cc1. The van der Waals surface area contributed by atoms with E-state index in [1.54, 1.807) is 13.0 Å². The summed E-state index contributed by atoms with van der Waals surface area (Å²) >= 11 is 0. The molecule has 0 heterocycles. The van der Waals surface area contributed by atoms with Crippen molar-refractivity contribution < 1.29 is 23.1 Å². The standard InChI is InChI=1S/C16H17NO5S/c1-10-8-11(2)15(14(9-10)22-3)17-23(20,21)13-6-4-12(5-7-13)16(18)19/h4-9,17H,1-3H3,(H,18,19). The summed E-state index contributed by atoms with van der Waals surface area (Å²) in [5, 5.41) is 8.86. The predicted octanol–water partition coefficient (Wildman–Crippen LogP) is 2.81. The summed E-state index contributed by atoms with van der Waals surface area (Å²) in [6.45, 7) is 3.67. The highest BCUT2D eigenvalue weighted by Crippen LogP contribution is 2.31. The second-order valence-corrected chi connectivity index (χ2v) is 6.78. The highest BCUT2D eigenvalue weighted by Gasteiger charge is 2.19. The van der Waals surface area contributed by atoms with Crippen molar-refractivity contribution in [2.45, 2.75) is 18.7 Å². The Kier molecular flexibility index (Phi) is 4.60. The van der Waals surface area contributed by atoms with Crippen LogP contribution in [0.3, 0.4) is 0 Å². The van der Waals surface area contributed by atoms with E-state index in [0.29, 0.717) is 11.4 Å². The number of rotatable bonds is 5. The van der Waals surface area contributed by atoms with E-state index < -0.39 is 16.0 Å². The number of methoxy groups -OCH3 is 1. The molecule has 0 aliphatic carbocycles. The number of hydrogen-bond donors (Lipinski definition) is 2. The Balaban J connectivity index is 2.40. The number of benzene rings is 2. The molecule has 0 atom stereocenters. The maximum absolute atomic E-state index is 12.5. The van der Waals surface area contributed by atoms with Crippen molar-refractivity contribution in [3.63, 3.8) is 0 Å². The first kappa shape index (κ1) is 16.8. The van der Waals surface area contributed by atoms with E-state index in [2.05, 4.69) is 4.72 Å². The van der Waals surface area contributed by atoms with Crippen LogP contribution in [0.25, 0.3) is 0 Å². The summed E-state index contributed by atoms with van der Waals surface area (Å²) in [5.74, 6) is -0.689. The number of ether oxygens (including phenoxy) is 1. The molecule has 2 aromatic rings. The Hall–Kier alpha value is -2.54. The van der Waals surface area contributed by atoms with E-state index in [9.17, 15) is 13.2 Å². The molecule has 2 aromatic carbocycles. The molecule has 0 aliphatic heterocycles. The molecule has 2 rings (SSSR count). The quantitative estimate of drug-likeness (QED) is 0.876. The van der Waals surface area contributed by atoms with E-state index in [1.807, 2.05) is 13.0 Å². The van der Waals surface area contributed by atoms with Gasteiger partial charge in [-0.15, -0.1) is 0 Å². The second-order valence-electron chi connectivity index (χ2n) is 5.09. The minimum absolute atomic E-state index is 0.0213. The van der Waals surface area contributed by atoms with Gasteiger partial charge in [0.1, 0.15) is 5.75 Å². The first-order valence-corrected chi connectivity index (χ1v) is 8.24. The molecule has 0 unspecified atom stereocenters. The van der Waals surface area contributed by atoms with Gasteiger partial charge in [0.05, 0.1) is 23.3 Å². The van der Waals surface area contributed by atoms with Gasteiger partial charge in [-0.25, -0.2) is 13.2 Å². The van der Waals surface area contributed by atoms with Crippen LogP contribution in [0.15, 0.2) is 41.3 Å². The summed E-state index contributed by atoms with van der Waals surface area (Å²) < 4.78 is 32.7. The fourth-order valence-corrected chi connectivity index (χ4v) is 3.33. The number of carbonyl (C=O) groups is 1. The molecule has 0 spiro atoms. The predicted molar refractivity (Wildman–Crippen MR) is 86.7 cm³/mol. The van der Waals surface area contributed by atoms with Crippen LogP contribution in [0.5, 0.6) is 5.75 Å². The highest BCUT2D eigenvalue weighted by molar-refractivity contribution is 7.92. The van der Waals surface area contributed by atoms with Gasteiger partial charge in [0, 0.05) is 0 Å². The minimum Gasteiger partial charge on any atom is -0.495 e. The van der Waals surface area contributed by atoms with Crippen LogP contribution in [-0.4, -0.2) is 26.6 Å². The molecule has 0 amide bonds. The lowest BCUT2D eigenvalue weighted by Crippen LogP contribution is -2.15. The molecule has 0 fully saturated rings. The van der Waals surface area contributed by atoms with Crippen molar-refractivity contribution in [1.82, 2.24) is 0 Å². The van der Waals surface area contributed by atoms with E-state index in [1.165, 1.54) is 31.4 Å². The number of sulfonamides is 1. The third-order valence-corrected chi connectivity index (χ3v) is 4.68. The first-order valence-electron chi connectivity index (χ1n) is 6.76. The number of nitrogens with one attached hydrogen (secondary N) is 1. The Labute approximate surface area is 134 Å². The Morgan fingerprint density at radius 1 is 1.13 bits per heavy atom. The highest BCUT2D eigenvalue weighted by atomic mass is 32.2. The molecule has 2 N–H and O–H groups in total. The van der Waals surface area contributed by atoms with Crippen LogP contribution in [-0.2, 0) is 10.0 Å². The van der Waals surface area contributed by atoms with Crippen LogP contribution in [0.1, 0.15) is 21.5 Å². The lowest BCUT2D eigenvalue weighted by Gasteiger charge is -2.15. The zero-order valence-corrected chi connectivity index (χ0v) is 13.8. The number of aromatic carboxylic acids is 1. The lowest BCUT2D eigenvalue weighted by molar-refractivity contribution is 0.0696. The van der Waals surface area contributed by atoms with Crippen molar-refractivity contribution in [3.8, 4) is 5.75 Å². The van der Waals surface area contributed by atoms with Gasteiger partial charge in [0.25, 0.3) is 10.0 Å². The first-order chi connectivity index (χ1) is 10.7. The third kappa shape index (κ3) is 3.62. The van der Waals surface area contributed by atoms with Gasteiger partial charge in [-0.2, -0.15) is 0 Å². The van der Waals surface area contributed by atoms with Crippen LogP contribution in [0.4, 0.5) is 5.69 Å². The van der Waals surface area contributed by atoms with Gasteiger partial charge < -0.3 is 9.84 Å². The van der Waals surface area contributed by atoms with Gasteiger partial charge in [0.15, 0.2) is 0 Å². The van der Waals surface area contributed by atoms with Crippen LogP contribution in [0, 0.1) is 13.8 Å². The molecule has 0 aromatic heterocycles. The van der Waals surface area contributed by atoms with E-state index in [-0.39, 0.29) is 10.5 Å². The van der Waals surface area contributed by atoms with Gasteiger partial charge >= 0.3 is 5.97 Å². The largest absolute Gasteiger partial charge is 0.495 e. The zero-order chi connectivity index (χ0) is 17.2. The summed E-state index contributed by atoms with van der Waals surface area (Å²) in [6.07, 6.45) is 0. The smallest absolute Gasteiger partial charge is 0.335 e. The molecule has 122 valence electrons. The molecule has 23 heavy (non-hydrogen) atoms. The van der Waals surface area contributed by atoms with Crippen molar-refractivity contribution >= 4 is 21.7 Å². The summed E-state index contributed by atoms with van der Waals surface area (Å²) in [6, 6.07) is 8.57. The van der Waals surface area contributed by atoms with Gasteiger partial charge in [-0.05, 0) is 55.3 Å². The number of hydrogen-bond acceptors (Lipinski definition) is 4. The Bertz CT molecular complexity index is 842. The Morgan fingerprint density at radius 3 is 2.26 bits per heavy atom. The molecule has 0 saturated carbocycles. The maximum Gasteiger partial charge on any atom is 0.335 e. The summed E-state index contributed by atoms with van der Waals surface area (Å²) in [7, 11) is -2.38. The zero-order valence-electron chi connectivity index (χ0n) is 13.0. The Morgan fingerprint density at radius 2 is 1.74 bits per heavy atom. The summed E-state index contributed by atoms with van der Waals surface area (Å²) in [5.41, 5.74) is 2.06. The van der Waals surface area contributed by atoms with Crippen molar-refractivity contribution in [2.24, 2.45) is 0 Å². The van der Waals surface area contributed by atoms with E-state index in [4.69, 9.17) is 9.84 Å². The van der Waals surface area contributed by atoms with Crippen LogP contribution >= 0.6 is 0 Å². The van der Waals surface area contributed by atoms with Crippen molar-refractivity contribution in [3.05, 3.63) is 53.1 Å². The van der Waals surface area contributed by atoms with Crippen molar-refractivity contribution in [2.75, 3.05) is 11.8 Å². The van der Waals surface area contributed by atoms with Gasteiger partial charge in [0.2, 0.25) is 0 Å². The number of carboxylic acids is 1. The monoisotopic (exact) mass is 335 g/mol. The van der Waals surface area contributed by atoms with Crippen LogP contribution < -0.4 is 9.46 Å². The van der Waals surface area contributed by atoms with Crippen LogP contribution in [0.2, 0.25) is 0 Å². The number of carboxylic acid groups (broad SMARTS) is 1. The number of anilines is 1. The molecular formula is C16H17NO5S. The molecule has 0 saturated heterocycles. The molecule has 0 aliphatic rings. The normalized spacial score (nSPS) is 11.1. The van der Waals surface area contributed by atoms with Gasteiger partial charge in [-0.1, -0.05) is 6.07 Å². The topological polar surface area (TPSA) is 92.7 Å². The fraction of sp³-hybridized carbons (Fsp3) is 0.188. The minimum atomic E-state index is -3.85. The molecular weight excluding hydrogens is 318 g/mol. The molecule has 6 nitrogen and oxygen atoms in total. The van der Waals surface area contributed by atoms with Crippen molar-refractivity contribution in [1.29, 1.82) is 0 Å². The molecule has 0 radical (unpaired) electrons.